The Morgan fingerprint density at radius 2 is 1.63 bits per heavy atom. The van der Waals surface area contributed by atoms with Crippen molar-refractivity contribution in [3.63, 3.8) is 0 Å². The second kappa shape index (κ2) is 9.00. The summed E-state index contributed by atoms with van der Waals surface area (Å²) in [6, 6.07) is 17.3. The number of anilines is 1. The van der Waals surface area contributed by atoms with Crippen molar-refractivity contribution in [1.82, 2.24) is 0 Å². The first-order valence-electron chi connectivity index (χ1n) is 6.53. The predicted octanol–water partition coefficient (Wildman–Crippen LogP) is 3.01. The Morgan fingerprint density at radius 1 is 1.00 bits per heavy atom. The van der Waals surface area contributed by atoms with Gasteiger partial charge in [0.15, 0.2) is 0 Å². The Morgan fingerprint density at radius 3 is 2.16 bits per heavy atom. The van der Waals surface area contributed by atoms with E-state index in [4.69, 9.17) is 10.8 Å². The summed E-state index contributed by atoms with van der Waals surface area (Å²) in [5.74, 6) is 0.306. The highest BCUT2D eigenvalue weighted by atomic mass is 16.3. The summed E-state index contributed by atoms with van der Waals surface area (Å²) in [5.41, 5.74) is 7.70. The minimum Gasteiger partial charge on any atom is -0.508 e. The van der Waals surface area contributed by atoms with Gasteiger partial charge in [0.05, 0.1) is 0 Å². The van der Waals surface area contributed by atoms with E-state index < -0.39 is 0 Å². The highest BCUT2D eigenvalue weighted by Crippen LogP contribution is 2.09. The highest BCUT2D eigenvalue weighted by Gasteiger charge is 1.89. The fraction of sp³-hybridized carbons (Fsp3) is 0.250. The minimum absolute atomic E-state index is 0.306. The van der Waals surface area contributed by atoms with E-state index in [0.29, 0.717) is 12.3 Å². The summed E-state index contributed by atoms with van der Waals surface area (Å²) in [5, 5.41) is 12.1. The summed E-state index contributed by atoms with van der Waals surface area (Å²) in [6.45, 7) is 3.74. The largest absolute Gasteiger partial charge is 0.508 e. The first-order valence-corrected chi connectivity index (χ1v) is 6.53. The van der Waals surface area contributed by atoms with Crippen LogP contribution in [0.2, 0.25) is 0 Å². The molecule has 3 nitrogen and oxygen atoms in total. The SMILES string of the molecule is CCNc1ccccc1.NCCc1ccc(O)cc1. The van der Waals surface area contributed by atoms with Gasteiger partial charge in [-0.1, -0.05) is 30.3 Å². The van der Waals surface area contributed by atoms with Gasteiger partial charge in [-0.3, -0.25) is 0 Å². The van der Waals surface area contributed by atoms with Crippen molar-refractivity contribution in [1.29, 1.82) is 0 Å². The molecule has 4 N–H and O–H groups in total. The lowest BCUT2D eigenvalue weighted by molar-refractivity contribution is 0.475. The molecule has 2 rings (SSSR count). The summed E-state index contributed by atoms with van der Waals surface area (Å²) in [7, 11) is 0. The summed E-state index contributed by atoms with van der Waals surface area (Å²) >= 11 is 0. The molecular weight excluding hydrogens is 236 g/mol. The van der Waals surface area contributed by atoms with E-state index in [-0.39, 0.29) is 0 Å². The molecule has 0 bridgehead atoms. The Balaban J connectivity index is 0.000000191. The second-order valence-corrected chi connectivity index (χ2v) is 4.10. The third-order valence-electron chi connectivity index (χ3n) is 2.52. The lowest BCUT2D eigenvalue weighted by Gasteiger charge is -1.99. The molecule has 3 heteroatoms. The van der Waals surface area contributed by atoms with Gasteiger partial charge in [0.2, 0.25) is 0 Å². The van der Waals surface area contributed by atoms with E-state index in [9.17, 15) is 0 Å². The van der Waals surface area contributed by atoms with Crippen LogP contribution in [0.25, 0.3) is 0 Å². The number of nitrogens with one attached hydrogen (secondary N) is 1. The van der Waals surface area contributed by atoms with Gasteiger partial charge in [-0.15, -0.1) is 0 Å². The van der Waals surface area contributed by atoms with E-state index in [2.05, 4.69) is 24.4 Å². The summed E-state index contributed by atoms with van der Waals surface area (Å²) in [6.07, 6.45) is 0.875. The van der Waals surface area contributed by atoms with E-state index in [1.54, 1.807) is 12.1 Å². The molecule has 0 aliphatic heterocycles. The molecule has 0 radical (unpaired) electrons. The van der Waals surface area contributed by atoms with Crippen LogP contribution >= 0.6 is 0 Å². The molecule has 0 fully saturated rings. The molecule has 0 aromatic heterocycles. The van der Waals surface area contributed by atoms with Crippen LogP contribution in [0.4, 0.5) is 5.69 Å². The molecule has 0 atom stereocenters. The van der Waals surface area contributed by atoms with Crippen LogP contribution in [-0.2, 0) is 6.42 Å². The predicted molar refractivity (Wildman–Crippen MR) is 81.5 cm³/mol. The average molecular weight is 258 g/mol. The van der Waals surface area contributed by atoms with Crippen molar-refractivity contribution in [2.75, 3.05) is 18.4 Å². The van der Waals surface area contributed by atoms with Crippen LogP contribution < -0.4 is 11.1 Å². The zero-order valence-corrected chi connectivity index (χ0v) is 11.3. The Kier molecular flexibility index (Phi) is 7.13. The Labute approximate surface area is 115 Å². The van der Waals surface area contributed by atoms with Crippen LogP contribution in [0, 0.1) is 0 Å². The maximum absolute atomic E-state index is 8.89. The lowest BCUT2D eigenvalue weighted by Crippen LogP contribution is -2.01. The third-order valence-corrected chi connectivity index (χ3v) is 2.52. The smallest absolute Gasteiger partial charge is 0.115 e. The van der Waals surface area contributed by atoms with Crippen LogP contribution in [0.3, 0.4) is 0 Å². The van der Waals surface area contributed by atoms with Crippen molar-refractivity contribution in [2.24, 2.45) is 5.73 Å². The summed E-state index contributed by atoms with van der Waals surface area (Å²) in [4.78, 5) is 0. The molecule has 0 aliphatic carbocycles. The normalized spacial score (nSPS) is 9.37. The molecule has 0 saturated heterocycles. The number of phenolic OH excluding ortho intramolecular Hbond substituents is 1. The summed E-state index contributed by atoms with van der Waals surface area (Å²) < 4.78 is 0. The van der Waals surface area contributed by atoms with Gasteiger partial charge < -0.3 is 16.2 Å². The zero-order valence-electron chi connectivity index (χ0n) is 11.3. The first-order chi connectivity index (χ1) is 9.26. The van der Waals surface area contributed by atoms with Gasteiger partial charge in [-0.25, -0.2) is 0 Å². The molecule has 102 valence electrons. The number of para-hydroxylation sites is 1. The standard InChI is InChI=1S/C8H11NO.C8H11N/c9-6-5-7-1-3-8(10)4-2-7;1-2-9-8-6-4-3-5-7-8/h1-4,10H,5-6,9H2;3-7,9H,2H2,1H3. The van der Waals surface area contributed by atoms with Crippen LogP contribution in [-0.4, -0.2) is 18.2 Å². The maximum atomic E-state index is 8.89. The van der Waals surface area contributed by atoms with E-state index in [0.717, 1.165) is 13.0 Å². The minimum atomic E-state index is 0.306. The number of rotatable bonds is 4. The Hall–Kier alpha value is -2.00. The molecule has 0 spiro atoms. The number of nitrogens with two attached hydrogens (primary N) is 1. The van der Waals surface area contributed by atoms with Crippen LogP contribution in [0.15, 0.2) is 54.6 Å². The molecule has 0 amide bonds. The van der Waals surface area contributed by atoms with Crippen molar-refractivity contribution >= 4 is 5.69 Å². The highest BCUT2D eigenvalue weighted by molar-refractivity contribution is 5.41. The van der Waals surface area contributed by atoms with Crippen molar-refractivity contribution in [2.45, 2.75) is 13.3 Å². The van der Waals surface area contributed by atoms with Crippen LogP contribution in [0.1, 0.15) is 12.5 Å². The second-order valence-electron chi connectivity index (χ2n) is 4.10. The number of aromatic hydroxyl groups is 1. The molecule has 2 aromatic carbocycles. The number of hydrogen-bond acceptors (Lipinski definition) is 3. The monoisotopic (exact) mass is 258 g/mol. The topological polar surface area (TPSA) is 58.3 Å². The quantitative estimate of drug-likeness (QED) is 0.790. The van der Waals surface area contributed by atoms with Gasteiger partial charge in [0.1, 0.15) is 5.75 Å². The number of phenols is 1. The van der Waals surface area contributed by atoms with Crippen molar-refractivity contribution in [3.05, 3.63) is 60.2 Å². The van der Waals surface area contributed by atoms with Crippen molar-refractivity contribution in [3.8, 4) is 5.75 Å². The molecule has 19 heavy (non-hydrogen) atoms. The van der Waals surface area contributed by atoms with Gasteiger partial charge in [-0.05, 0) is 49.7 Å². The van der Waals surface area contributed by atoms with E-state index in [1.807, 2.05) is 30.3 Å². The zero-order chi connectivity index (χ0) is 13.9. The molecule has 2 aromatic rings. The van der Waals surface area contributed by atoms with Gasteiger partial charge in [0.25, 0.3) is 0 Å². The average Bonchev–Trinajstić information content (AvgIpc) is 2.44. The molecule has 0 saturated carbocycles. The molecule has 0 unspecified atom stereocenters. The molecule has 0 aliphatic rings. The Bertz CT molecular complexity index is 440. The third kappa shape index (κ3) is 6.48. The first kappa shape index (κ1) is 15.1. The number of hydrogen-bond donors (Lipinski definition) is 3. The fourth-order valence-corrected chi connectivity index (χ4v) is 1.59. The number of benzene rings is 2. The van der Waals surface area contributed by atoms with E-state index >= 15 is 0 Å². The lowest BCUT2D eigenvalue weighted by atomic mass is 10.1. The van der Waals surface area contributed by atoms with Gasteiger partial charge >= 0.3 is 0 Å². The van der Waals surface area contributed by atoms with Crippen LogP contribution in [0.5, 0.6) is 5.75 Å². The molecular formula is C16H22N2O. The maximum Gasteiger partial charge on any atom is 0.115 e. The van der Waals surface area contributed by atoms with Crippen molar-refractivity contribution < 1.29 is 5.11 Å². The van der Waals surface area contributed by atoms with Gasteiger partial charge in [0, 0.05) is 12.2 Å². The molecule has 0 heterocycles. The fourth-order valence-electron chi connectivity index (χ4n) is 1.59. The van der Waals surface area contributed by atoms with E-state index in [1.165, 1.54) is 11.3 Å². The van der Waals surface area contributed by atoms with Gasteiger partial charge in [-0.2, -0.15) is 0 Å².